The number of benzene rings is 4. The normalized spacial score (nSPS) is 13.0. The third-order valence-corrected chi connectivity index (χ3v) is 7.77. The molecule has 0 aliphatic heterocycles. The van der Waals surface area contributed by atoms with Gasteiger partial charge in [0, 0.05) is 16.8 Å². The number of alkyl halides is 3. The second-order valence-corrected chi connectivity index (χ2v) is 9.79. The van der Waals surface area contributed by atoms with Gasteiger partial charge in [-0.1, -0.05) is 42.0 Å². The molecule has 4 aromatic carbocycles. The van der Waals surface area contributed by atoms with E-state index >= 15 is 0 Å². The molecular formula is C30H22F3N2+. The zero-order valence-electron chi connectivity index (χ0n) is 19.8. The van der Waals surface area contributed by atoms with Crippen molar-refractivity contribution >= 4 is 59.8 Å². The molecule has 7 rings (SSSR count). The molecule has 3 aromatic heterocycles. The van der Waals surface area contributed by atoms with Crippen molar-refractivity contribution in [2.24, 2.45) is 7.05 Å². The van der Waals surface area contributed by atoms with E-state index in [0.29, 0.717) is 5.52 Å². The first-order chi connectivity index (χ1) is 16.7. The molecule has 5 heteroatoms. The van der Waals surface area contributed by atoms with Gasteiger partial charge in [-0.2, -0.15) is 13.2 Å². The summed E-state index contributed by atoms with van der Waals surface area (Å²) >= 11 is 0. The van der Waals surface area contributed by atoms with Crippen molar-refractivity contribution in [2.45, 2.75) is 26.9 Å². The van der Waals surface area contributed by atoms with Crippen molar-refractivity contribution in [1.82, 2.24) is 4.40 Å². The van der Waals surface area contributed by atoms with Crippen LogP contribution in [0.3, 0.4) is 0 Å². The van der Waals surface area contributed by atoms with Crippen molar-refractivity contribution in [2.75, 3.05) is 0 Å². The largest absolute Gasteiger partial charge is 0.416 e. The molecule has 0 saturated heterocycles. The van der Waals surface area contributed by atoms with Gasteiger partial charge in [-0.15, -0.1) is 0 Å². The number of rotatable bonds is 0. The van der Waals surface area contributed by atoms with Crippen LogP contribution in [0.15, 0.2) is 60.8 Å². The summed E-state index contributed by atoms with van der Waals surface area (Å²) in [4.78, 5) is 0. The minimum Gasteiger partial charge on any atom is -0.307 e. The lowest BCUT2D eigenvalue weighted by atomic mass is 9.92. The fraction of sp³-hybridized carbons (Fsp3) is 0.167. The quantitative estimate of drug-likeness (QED) is 0.122. The van der Waals surface area contributed by atoms with Gasteiger partial charge in [-0.25, -0.2) is 4.57 Å². The monoisotopic (exact) mass is 467 g/mol. The Morgan fingerprint density at radius 2 is 1.46 bits per heavy atom. The lowest BCUT2D eigenvalue weighted by Crippen LogP contribution is -2.29. The Morgan fingerprint density at radius 1 is 0.714 bits per heavy atom. The van der Waals surface area contributed by atoms with Crippen LogP contribution in [0.2, 0.25) is 0 Å². The molecule has 0 fully saturated rings. The van der Waals surface area contributed by atoms with Crippen LogP contribution in [-0.2, 0) is 13.2 Å². The van der Waals surface area contributed by atoms with E-state index < -0.39 is 11.7 Å². The molecule has 0 atom stereocenters. The predicted octanol–water partition coefficient (Wildman–Crippen LogP) is 7.91. The van der Waals surface area contributed by atoms with Crippen molar-refractivity contribution in [3.05, 3.63) is 83.0 Å². The van der Waals surface area contributed by atoms with E-state index in [9.17, 15) is 13.2 Å². The van der Waals surface area contributed by atoms with Crippen molar-refractivity contribution in [3.8, 4) is 0 Å². The summed E-state index contributed by atoms with van der Waals surface area (Å²) in [6.07, 6.45) is -2.34. The van der Waals surface area contributed by atoms with E-state index in [0.717, 1.165) is 65.6 Å². The van der Waals surface area contributed by atoms with Crippen LogP contribution in [0.1, 0.15) is 22.3 Å². The molecule has 0 N–H and O–H groups in total. The first-order valence-electron chi connectivity index (χ1n) is 11.7. The number of hydrogen-bond acceptors (Lipinski definition) is 0. The Bertz CT molecular complexity index is 2030. The van der Waals surface area contributed by atoms with E-state index in [2.05, 4.69) is 66.3 Å². The molecule has 0 radical (unpaired) electrons. The number of hydrogen-bond donors (Lipinski definition) is 0. The molecule has 0 aliphatic carbocycles. The highest BCUT2D eigenvalue weighted by Crippen LogP contribution is 2.44. The average molecular weight is 468 g/mol. The molecule has 0 aliphatic rings. The first kappa shape index (κ1) is 20.5. The molecule has 0 bridgehead atoms. The highest BCUT2D eigenvalue weighted by atomic mass is 19.4. The average Bonchev–Trinajstić information content (AvgIpc) is 3.16. The lowest BCUT2D eigenvalue weighted by molar-refractivity contribution is -0.643. The maximum absolute atomic E-state index is 13.8. The second-order valence-electron chi connectivity index (χ2n) is 9.79. The maximum atomic E-state index is 13.8. The van der Waals surface area contributed by atoms with E-state index in [1.807, 2.05) is 13.1 Å². The summed E-state index contributed by atoms with van der Waals surface area (Å²) in [6, 6.07) is 16.8. The van der Waals surface area contributed by atoms with Crippen LogP contribution >= 0.6 is 0 Å². The van der Waals surface area contributed by atoms with Crippen molar-refractivity contribution in [3.63, 3.8) is 0 Å². The highest BCUT2D eigenvalue weighted by molar-refractivity contribution is 6.28. The van der Waals surface area contributed by atoms with Crippen LogP contribution in [-0.4, -0.2) is 4.40 Å². The van der Waals surface area contributed by atoms with Gasteiger partial charge in [-0.05, 0) is 60.2 Å². The summed E-state index contributed by atoms with van der Waals surface area (Å²) in [7, 11) is 2.05. The number of halogens is 3. The van der Waals surface area contributed by atoms with E-state index in [1.165, 1.54) is 17.5 Å². The number of aryl methyl sites for hydroxylation is 4. The molecule has 172 valence electrons. The Kier molecular flexibility index (Phi) is 3.76. The predicted molar refractivity (Wildman–Crippen MR) is 137 cm³/mol. The summed E-state index contributed by atoms with van der Waals surface area (Å²) in [6.45, 7) is 6.30. The van der Waals surface area contributed by atoms with E-state index in [-0.39, 0.29) is 0 Å². The number of aromatic nitrogens is 2. The van der Waals surface area contributed by atoms with Crippen LogP contribution in [0.25, 0.3) is 59.8 Å². The van der Waals surface area contributed by atoms with Gasteiger partial charge in [0.25, 0.3) is 0 Å². The van der Waals surface area contributed by atoms with Crippen LogP contribution < -0.4 is 4.57 Å². The highest BCUT2D eigenvalue weighted by Gasteiger charge is 2.32. The van der Waals surface area contributed by atoms with E-state index in [4.69, 9.17) is 0 Å². The Labute approximate surface area is 199 Å². The zero-order valence-corrected chi connectivity index (χ0v) is 19.8. The topological polar surface area (TPSA) is 8.29 Å². The molecule has 0 amide bonds. The molecular weight excluding hydrogens is 445 g/mol. The van der Waals surface area contributed by atoms with Gasteiger partial charge in [0.05, 0.1) is 32.9 Å². The summed E-state index contributed by atoms with van der Waals surface area (Å²) in [5.41, 5.74) is 6.40. The standard InChI is InChI=1S/C30H22F3N2/c1-15-5-8-20-16(2)25-27(17(3)23(20)13-15)35-24-14-19(30(31,32)33)7-10-21(24)22-9-6-18-11-12-34(4)29(25)26(18)28(22)35/h5-14H,1-4H3/q+1. The van der Waals surface area contributed by atoms with Gasteiger partial charge in [0.2, 0.25) is 5.52 Å². The molecule has 0 spiro atoms. The first-order valence-corrected chi connectivity index (χ1v) is 11.7. The lowest BCUT2D eigenvalue weighted by Gasteiger charge is -2.17. The van der Waals surface area contributed by atoms with Crippen molar-refractivity contribution in [1.29, 1.82) is 0 Å². The number of nitrogens with zero attached hydrogens (tertiary/aromatic N) is 2. The van der Waals surface area contributed by atoms with Gasteiger partial charge in [0.1, 0.15) is 7.05 Å². The molecule has 7 aromatic rings. The molecule has 3 heterocycles. The van der Waals surface area contributed by atoms with Gasteiger partial charge in [0.15, 0.2) is 6.20 Å². The third kappa shape index (κ3) is 2.48. The van der Waals surface area contributed by atoms with Crippen molar-refractivity contribution < 1.29 is 17.7 Å². The third-order valence-electron chi connectivity index (χ3n) is 7.77. The molecule has 35 heavy (non-hydrogen) atoms. The zero-order chi connectivity index (χ0) is 24.4. The molecule has 0 saturated carbocycles. The fourth-order valence-corrected chi connectivity index (χ4v) is 6.15. The van der Waals surface area contributed by atoms with Gasteiger partial charge >= 0.3 is 6.18 Å². The fourth-order valence-electron chi connectivity index (χ4n) is 6.15. The van der Waals surface area contributed by atoms with Crippen LogP contribution in [0, 0.1) is 20.8 Å². The van der Waals surface area contributed by atoms with Gasteiger partial charge in [-0.3, -0.25) is 0 Å². The summed E-state index contributed by atoms with van der Waals surface area (Å²) in [5, 5.41) is 7.37. The summed E-state index contributed by atoms with van der Waals surface area (Å²) < 4.78 is 45.7. The SMILES string of the molecule is Cc1ccc2c(C)c3c(c(C)c2c1)n1c2cc(C(F)(F)F)ccc2c2ccc4cc[n+](C)c3c4c21. The Hall–Kier alpha value is -3.86. The number of fused-ring (bicyclic) bond motifs is 7. The molecule has 2 nitrogen and oxygen atoms in total. The smallest absolute Gasteiger partial charge is 0.307 e. The van der Waals surface area contributed by atoms with Crippen LogP contribution in [0.4, 0.5) is 13.2 Å². The van der Waals surface area contributed by atoms with Gasteiger partial charge < -0.3 is 4.40 Å². The number of pyridine rings is 2. The molecule has 0 unspecified atom stereocenters. The Morgan fingerprint density at radius 3 is 2.23 bits per heavy atom. The minimum absolute atomic E-state index is 0.593. The summed E-state index contributed by atoms with van der Waals surface area (Å²) in [5.74, 6) is 0. The Balaban J connectivity index is 1.92. The minimum atomic E-state index is -4.41. The van der Waals surface area contributed by atoms with Crippen LogP contribution in [0.5, 0.6) is 0 Å². The second kappa shape index (κ2) is 6.42. The van der Waals surface area contributed by atoms with E-state index in [1.54, 1.807) is 6.07 Å². The maximum Gasteiger partial charge on any atom is 0.416 e.